The van der Waals surface area contributed by atoms with Crippen LogP contribution in [0.15, 0.2) is 48.7 Å². The van der Waals surface area contributed by atoms with Crippen molar-refractivity contribution in [2.45, 2.75) is 31.8 Å². The molecule has 0 spiro atoms. The summed E-state index contributed by atoms with van der Waals surface area (Å²) >= 11 is 0. The molecule has 2 fully saturated rings. The predicted octanol–water partition coefficient (Wildman–Crippen LogP) is 2.84. The number of nitrogens with zero attached hydrogens (tertiary/aromatic N) is 6. The molecular weight excluding hydrogens is 388 g/mol. The van der Waals surface area contributed by atoms with E-state index >= 15 is 0 Å². The van der Waals surface area contributed by atoms with Gasteiger partial charge in [0.05, 0.1) is 11.6 Å². The first-order valence-corrected chi connectivity index (χ1v) is 11.3. The summed E-state index contributed by atoms with van der Waals surface area (Å²) in [5, 5.41) is 8.94. The van der Waals surface area contributed by atoms with Crippen LogP contribution in [-0.2, 0) is 6.54 Å². The van der Waals surface area contributed by atoms with E-state index in [-0.39, 0.29) is 11.9 Å². The molecule has 0 saturated carbocycles. The molecule has 1 aromatic carbocycles. The molecule has 1 unspecified atom stereocenters. The number of likely N-dealkylation sites (N-methyl/N-ethyl adjacent to an activating group) is 1. The third kappa shape index (κ3) is 4.20. The van der Waals surface area contributed by atoms with Crippen LogP contribution in [0.1, 0.15) is 47.1 Å². The Bertz CT molecular complexity index is 1040. The summed E-state index contributed by atoms with van der Waals surface area (Å²) < 4.78 is 2.02. The molecule has 0 bridgehead atoms. The molecule has 2 aromatic heterocycles. The average molecular weight is 419 g/mol. The number of benzene rings is 1. The first kappa shape index (κ1) is 20.2. The Balaban J connectivity index is 1.39. The second kappa shape index (κ2) is 8.77. The normalized spacial score (nSPS) is 20.9. The molecule has 2 aliphatic heterocycles. The van der Waals surface area contributed by atoms with Gasteiger partial charge >= 0.3 is 0 Å². The summed E-state index contributed by atoms with van der Waals surface area (Å²) in [5.41, 5.74) is 2.83. The van der Waals surface area contributed by atoms with Crippen LogP contribution in [0.3, 0.4) is 0 Å². The molecule has 0 N–H and O–H groups in total. The zero-order valence-electron chi connectivity index (χ0n) is 18.2. The van der Waals surface area contributed by atoms with Gasteiger partial charge in [-0.3, -0.25) is 19.0 Å². The number of pyridine rings is 1. The molecule has 162 valence electrons. The monoisotopic (exact) mass is 418 g/mol. The minimum Gasteiger partial charge on any atom is -0.339 e. The van der Waals surface area contributed by atoms with Crippen LogP contribution in [-0.4, -0.2) is 75.0 Å². The minimum absolute atomic E-state index is 0.115. The largest absolute Gasteiger partial charge is 0.339 e. The lowest BCUT2D eigenvalue weighted by Gasteiger charge is -2.38. The number of piperazine rings is 1. The van der Waals surface area contributed by atoms with Gasteiger partial charge in [0.15, 0.2) is 11.5 Å². The van der Waals surface area contributed by atoms with E-state index in [1.807, 2.05) is 27.6 Å². The number of carbonyl (C=O) groups is 1. The van der Waals surface area contributed by atoms with Gasteiger partial charge in [-0.2, -0.15) is 0 Å². The number of amides is 1. The lowest BCUT2D eigenvalue weighted by molar-refractivity contribution is 0.0723. The number of likely N-dealkylation sites (tertiary alicyclic amines) is 1. The van der Waals surface area contributed by atoms with Crippen LogP contribution < -0.4 is 0 Å². The standard InChI is InChI=1S/C24H30N6O/c1-27-14-15-28(16-19-8-4-2-5-9-19)18-21(27)23-26-25-22-11-10-20(17-30(22)23)24(31)29-12-6-3-7-13-29/h2,4-5,8-11,17,21H,3,6-7,12-16,18H2,1H3. The third-order valence-electron chi connectivity index (χ3n) is 6.60. The van der Waals surface area contributed by atoms with Crippen molar-refractivity contribution in [3.8, 4) is 0 Å². The predicted molar refractivity (Wildman–Crippen MR) is 120 cm³/mol. The van der Waals surface area contributed by atoms with Gasteiger partial charge in [-0.1, -0.05) is 30.3 Å². The van der Waals surface area contributed by atoms with Crippen molar-refractivity contribution >= 4 is 11.6 Å². The van der Waals surface area contributed by atoms with Crippen LogP contribution in [0, 0.1) is 0 Å². The summed E-state index contributed by atoms with van der Waals surface area (Å²) in [6, 6.07) is 14.5. The summed E-state index contributed by atoms with van der Waals surface area (Å²) in [5.74, 6) is 1.02. The van der Waals surface area contributed by atoms with Crippen molar-refractivity contribution in [1.29, 1.82) is 0 Å². The molecule has 7 nitrogen and oxygen atoms in total. The maximum Gasteiger partial charge on any atom is 0.255 e. The van der Waals surface area contributed by atoms with Crippen LogP contribution >= 0.6 is 0 Å². The van der Waals surface area contributed by atoms with E-state index in [2.05, 4.69) is 57.4 Å². The lowest BCUT2D eigenvalue weighted by atomic mass is 10.1. The Kier molecular flexibility index (Phi) is 5.70. The van der Waals surface area contributed by atoms with Gasteiger partial charge in [-0.25, -0.2) is 0 Å². The molecule has 1 amide bonds. The van der Waals surface area contributed by atoms with Crippen LogP contribution in [0.2, 0.25) is 0 Å². The zero-order chi connectivity index (χ0) is 21.2. The second-order valence-electron chi connectivity index (χ2n) is 8.77. The molecule has 0 radical (unpaired) electrons. The average Bonchev–Trinajstić information content (AvgIpc) is 3.24. The molecule has 2 aliphatic rings. The first-order chi connectivity index (χ1) is 15.2. The summed E-state index contributed by atoms with van der Waals surface area (Å²) in [6.07, 6.45) is 5.34. The fourth-order valence-corrected chi connectivity index (χ4v) is 4.74. The number of piperidine rings is 1. The van der Waals surface area contributed by atoms with E-state index in [9.17, 15) is 4.79 Å². The van der Waals surface area contributed by atoms with Gasteiger partial charge in [0.1, 0.15) is 0 Å². The van der Waals surface area contributed by atoms with Gasteiger partial charge in [0, 0.05) is 45.5 Å². The van der Waals surface area contributed by atoms with E-state index in [4.69, 9.17) is 0 Å². The number of rotatable bonds is 4. The van der Waals surface area contributed by atoms with Crippen molar-refractivity contribution in [2.24, 2.45) is 0 Å². The Morgan fingerprint density at radius 3 is 2.58 bits per heavy atom. The van der Waals surface area contributed by atoms with Gasteiger partial charge in [0.2, 0.25) is 0 Å². The van der Waals surface area contributed by atoms with E-state index in [0.717, 1.165) is 69.1 Å². The third-order valence-corrected chi connectivity index (χ3v) is 6.60. The highest BCUT2D eigenvalue weighted by Crippen LogP contribution is 2.25. The van der Waals surface area contributed by atoms with Gasteiger partial charge < -0.3 is 4.90 Å². The summed E-state index contributed by atoms with van der Waals surface area (Å²) in [4.78, 5) is 19.8. The molecule has 0 aliphatic carbocycles. The van der Waals surface area contributed by atoms with Gasteiger partial charge in [-0.15, -0.1) is 10.2 Å². The maximum absolute atomic E-state index is 13.0. The highest BCUT2D eigenvalue weighted by atomic mass is 16.2. The fourth-order valence-electron chi connectivity index (χ4n) is 4.74. The smallest absolute Gasteiger partial charge is 0.255 e. The number of aromatic nitrogens is 3. The molecule has 31 heavy (non-hydrogen) atoms. The van der Waals surface area contributed by atoms with Crippen molar-refractivity contribution in [2.75, 3.05) is 39.8 Å². The van der Waals surface area contributed by atoms with Crippen molar-refractivity contribution in [3.63, 3.8) is 0 Å². The van der Waals surface area contributed by atoms with E-state index in [1.54, 1.807) is 0 Å². The second-order valence-corrected chi connectivity index (χ2v) is 8.77. The highest BCUT2D eigenvalue weighted by Gasteiger charge is 2.30. The molecule has 4 heterocycles. The Hall–Kier alpha value is -2.77. The van der Waals surface area contributed by atoms with Crippen LogP contribution in [0.4, 0.5) is 0 Å². The zero-order valence-corrected chi connectivity index (χ0v) is 18.2. The van der Waals surface area contributed by atoms with Crippen molar-refractivity contribution in [1.82, 2.24) is 29.3 Å². The van der Waals surface area contributed by atoms with Gasteiger partial charge in [0.25, 0.3) is 5.91 Å². The van der Waals surface area contributed by atoms with Crippen molar-refractivity contribution < 1.29 is 4.79 Å². The number of hydrogen-bond donors (Lipinski definition) is 0. The highest BCUT2D eigenvalue weighted by molar-refractivity contribution is 5.94. The quantitative estimate of drug-likeness (QED) is 0.652. The first-order valence-electron chi connectivity index (χ1n) is 11.3. The Labute approximate surface area is 183 Å². The minimum atomic E-state index is 0.115. The van der Waals surface area contributed by atoms with E-state index in [1.165, 1.54) is 12.0 Å². The van der Waals surface area contributed by atoms with E-state index in [0.29, 0.717) is 0 Å². The van der Waals surface area contributed by atoms with E-state index < -0.39 is 0 Å². The topological polar surface area (TPSA) is 57.0 Å². The maximum atomic E-state index is 13.0. The van der Waals surface area contributed by atoms with Crippen molar-refractivity contribution in [3.05, 3.63) is 65.6 Å². The number of fused-ring (bicyclic) bond motifs is 1. The molecule has 7 heteroatoms. The Morgan fingerprint density at radius 2 is 1.77 bits per heavy atom. The van der Waals surface area contributed by atoms with Gasteiger partial charge in [-0.05, 0) is 44.0 Å². The number of hydrogen-bond acceptors (Lipinski definition) is 5. The molecule has 5 rings (SSSR count). The summed E-state index contributed by atoms with van der Waals surface area (Å²) in [7, 11) is 2.15. The molecule has 1 atom stereocenters. The lowest BCUT2D eigenvalue weighted by Crippen LogP contribution is -2.46. The Morgan fingerprint density at radius 1 is 0.968 bits per heavy atom. The summed E-state index contributed by atoms with van der Waals surface area (Å²) in [6.45, 7) is 5.52. The molecule has 3 aromatic rings. The van der Waals surface area contributed by atoms with Crippen LogP contribution in [0.25, 0.3) is 5.65 Å². The SMILES string of the molecule is CN1CCN(Cc2ccccc2)CC1c1nnc2ccc(C(=O)N3CCCCC3)cn12. The molecule has 2 saturated heterocycles. The fraction of sp³-hybridized carbons (Fsp3) is 0.458. The van der Waals surface area contributed by atoms with Crippen LogP contribution in [0.5, 0.6) is 0 Å². The number of carbonyl (C=O) groups excluding carboxylic acids is 1. The molecular formula is C24H30N6O.